The molecule has 3 rings (SSSR count). The number of carbonyl (C=O) groups is 1. The molecule has 3 aromatic rings. The van der Waals surface area contributed by atoms with Gasteiger partial charge in [0.2, 0.25) is 0 Å². The highest BCUT2D eigenvalue weighted by Crippen LogP contribution is 2.35. The van der Waals surface area contributed by atoms with Crippen molar-refractivity contribution in [2.24, 2.45) is 0 Å². The molecule has 142 valence electrons. The van der Waals surface area contributed by atoms with Gasteiger partial charge in [-0.1, -0.05) is 30.8 Å². The minimum absolute atomic E-state index is 0.220. The summed E-state index contributed by atoms with van der Waals surface area (Å²) in [6.07, 6.45) is 1.16. The van der Waals surface area contributed by atoms with Gasteiger partial charge >= 0.3 is 5.97 Å². The van der Waals surface area contributed by atoms with Crippen molar-refractivity contribution in [2.45, 2.75) is 13.5 Å². The van der Waals surface area contributed by atoms with Crippen molar-refractivity contribution in [3.63, 3.8) is 0 Å². The molecule has 0 aliphatic rings. The van der Waals surface area contributed by atoms with Crippen molar-refractivity contribution in [1.29, 1.82) is 0 Å². The second-order valence-electron chi connectivity index (χ2n) is 6.35. The Hall–Kier alpha value is -3.53. The monoisotopic (exact) mass is 373 g/mol. The van der Waals surface area contributed by atoms with Crippen LogP contribution in [0.1, 0.15) is 11.1 Å². The van der Waals surface area contributed by atoms with Crippen LogP contribution in [0.25, 0.3) is 0 Å². The molecule has 0 amide bonds. The van der Waals surface area contributed by atoms with Gasteiger partial charge in [-0.25, -0.2) is 4.79 Å². The van der Waals surface area contributed by atoms with Gasteiger partial charge in [-0.05, 0) is 66.6 Å². The number of ether oxygens (including phenoxy) is 2. The van der Waals surface area contributed by atoms with Crippen LogP contribution in [-0.4, -0.2) is 13.1 Å². The third-order valence-electron chi connectivity index (χ3n) is 4.33. The van der Waals surface area contributed by atoms with E-state index in [1.807, 2.05) is 54.6 Å². The van der Waals surface area contributed by atoms with E-state index in [1.165, 1.54) is 5.56 Å². The molecule has 0 fully saturated rings. The number of rotatable bonds is 7. The zero-order valence-electron chi connectivity index (χ0n) is 16.1. The van der Waals surface area contributed by atoms with E-state index >= 15 is 0 Å². The van der Waals surface area contributed by atoms with E-state index in [0.717, 1.165) is 34.5 Å². The summed E-state index contributed by atoms with van der Waals surface area (Å²) in [5, 5.41) is 0. The normalized spacial score (nSPS) is 10.2. The van der Waals surface area contributed by atoms with Crippen LogP contribution in [0, 0.1) is 6.92 Å². The van der Waals surface area contributed by atoms with Crippen molar-refractivity contribution in [2.75, 3.05) is 12.0 Å². The average Bonchev–Trinajstić information content (AvgIpc) is 2.73. The molecule has 0 saturated carbocycles. The van der Waals surface area contributed by atoms with Gasteiger partial charge in [-0.15, -0.1) is 0 Å². The highest BCUT2D eigenvalue weighted by Gasteiger charge is 2.13. The summed E-state index contributed by atoms with van der Waals surface area (Å²) >= 11 is 0. The Kier molecular flexibility index (Phi) is 6.12. The molecule has 4 heteroatoms. The van der Waals surface area contributed by atoms with Crippen LogP contribution in [0.4, 0.5) is 17.1 Å². The summed E-state index contributed by atoms with van der Waals surface area (Å²) in [4.78, 5) is 13.4. The Balaban J connectivity index is 1.94. The fourth-order valence-electron chi connectivity index (χ4n) is 2.90. The van der Waals surface area contributed by atoms with Crippen LogP contribution in [-0.2, 0) is 16.1 Å². The molecule has 0 unspecified atom stereocenters. The highest BCUT2D eigenvalue weighted by atomic mass is 16.5. The number of anilines is 3. The molecular weight excluding hydrogens is 350 g/mol. The molecule has 0 aromatic heterocycles. The molecule has 28 heavy (non-hydrogen) atoms. The molecule has 0 atom stereocenters. The molecule has 0 radical (unpaired) electrons. The van der Waals surface area contributed by atoms with Gasteiger partial charge in [0.15, 0.2) is 0 Å². The minimum Gasteiger partial charge on any atom is -0.497 e. The highest BCUT2D eigenvalue weighted by molar-refractivity contribution is 5.81. The first kappa shape index (κ1) is 19.2. The first-order chi connectivity index (χ1) is 13.6. The number of hydrogen-bond donors (Lipinski definition) is 0. The predicted octanol–water partition coefficient (Wildman–Crippen LogP) is 5.70. The minimum atomic E-state index is -0.427. The summed E-state index contributed by atoms with van der Waals surface area (Å²) in [6, 6.07) is 24.2. The topological polar surface area (TPSA) is 38.8 Å². The molecule has 3 aromatic carbocycles. The number of esters is 1. The number of aryl methyl sites for hydroxylation is 1. The van der Waals surface area contributed by atoms with Crippen LogP contribution in [0.2, 0.25) is 0 Å². The number of methoxy groups -OCH3 is 1. The Morgan fingerprint density at radius 1 is 0.964 bits per heavy atom. The number of nitrogens with zero attached hydrogens (tertiary/aromatic N) is 1. The summed E-state index contributed by atoms with van der Waals surface area (Å²) in [5.41, 5.74) is 5.20. The van der Waals surface area contributed by atoms with Crippen molar-refractivity contribution in [3.8, 4) is 5.75 Å². The van der Waals surface area contributed by atoms with Gasteiger partial charge in [-0.3, -0.25) is 0 Å². The van der Waals surface area contributed by atoms with E-state index in [9.17, 15) is 4.79 Å². The van der Waals surface area contributed by atoms with E-state index in [0.29, 0.717) is 0 Å². The van der Waals surface area contributed by atoms with Gasteiger partial charge in [0.1, 0.15) is 12.4 Å². The molecule has 0 spiro atoms. The van der Waals surface area contributed by atoms with E-state index in [4.69, 9.17) is 9.47 Å². The first-order valence-corrected chi connectivity index (χ1v) is 8.99. The Morgan fingerprint density at radius 3 is 2.18 bits per heavy atom. The van der Waals surface area contributed by atoms with Gasteiger partial charge < -0.3 is 14.4 Å². The van der Waals surface area contributed by atoms with Crippen molar-refractivity contribution in [3.05, 3.63) is 96.6 Å². The molecule has 4 nitrogen and oxygen atoms in total. The maximum atomic E-state index is 11.3. The van der Waals surface area contributed by atoms with Gasteiger partial charge in [0, 0.05) is 23.1 Å². The Morgan fingerprint density at radius 2 is 1.61 bits per heavy atom. The summed E-state index contributed by atoms with van der Waals surface area (Å²) in [7, 11) is 1.66. The third-order valence-corrected chi connectivity index (χ3v) is 4.33. The van der Waals surface area contributed by atoms with Gasteiger partial charge in [-0.2, -0.15) is 0 Å². The maximum Gasteiger partial charge on any atom is 0.330 e. The fraction of sp³-hybridized carbons (Fsp3) is 0.125. The largest absolute Gasteiger partial charge is 0.497 e. The molecular formula is C24H23NO3. The van der Waals surface area contributed by atoms with Gasteiger partial charge in [0.05, 0.1) is 7.11 Å². The van der Waals surface area contributed by atoms with E-state index in [1.54, 1.807) is 7.11 Å². The third kappa shape index (κ3) is 4.60. The van der Waals surface area contributed by atoms with Crippen molar-refractivity contribution < 1.29 is 14.3 Å². The lowest BCUT2D eigenvalue weighted by Gasteiger charge is -2.26. The van der Waals surface area contributed by atoms with E-state index < -0.39 is 5.97 Å². The van der Waals surface area contributed by atoms with E-state index in [2.05, 4.69) is 36.6 Å². The van der Waals surface area contributed by atoms with Crippen LogP contribution in [0.15, 0.2) is 85.5 Å². The lowest BCUT2D eigenvalue weighted by Crippen LogP contribution is -2.10. The standard InChI is InChI=1S/C24H23NO3/c1-4-24(26)28-17-19-8-10-20(11-9-19)25(22-7-5-6-18(2)16-22)21-12-14-23(27-3)15-13-21/h4-16H,1,17H2,2-3H3. The average molecular weight is 373 g/mol. The van der Waals surface area contributed by atoms with Crippen LogP contribution < -0.4 is 9.64 Å². The van der Waals surface area contributed by atoms with Crippen LogP contribution in [0.3, 0.4) is 0 Å². The summed E-state index contributed by atoms with van der Waals surface area (Å²) in [6.45, 7) is 5.70. The molecule has 0 aliphatic heterocycles. The predicted molar refractivity (Wildman–Crippen MR) is 112 cm³/mol. The maximum absolute atomic E-state index is 11.3. The molecule has 0 N–H and O–H groups in total. The van der Waals surface area contributed by atoms with Crippen molar-refractivity contribution >= 4 is 23.0 Å². The Labute approximate surface area is 165 Å². The molecule has 0 heterocycles. The second kappa shape index (κ2) is 8.91. The molecule has 0 saturated heterocycles. The molecule has 0 aliphatic carbocycles. The molecule has 0 bridgehead atoms. The van der Waals surface area contributed by atoms with E-state index in [-0.39, 0.29) is 6.61 Å². The SMILES string of the molecule is C=CC(=O)OCc1ccc(N(c2ccc(OC)cc2)c2cccc(C)c2)cc1. The zero-order valence-corrected chi connectivity index (χ0v) is 16.1. The summed E-state index contributed by atoms with van der Waals surface area (Å²) in [5.74, 6) is 0.385. The lowest BCUT2D eigenvalue weighted by atomic mass is 10.1. The van der Waals surface area contributed by atoms with Crippen molar-refractivity contribution in [1.82, 2.24) is 0 Å². The lowest BCUT2D eigenvalue weighted by molar-refractivity contribution is -0.138. The fourth-order valence-corrected chi connectivity index (χ4v) is 2.90. The number of benzene rings is 3. The number of carbonyl (C=O) groups excluding carboxylic acids is 1. The van der Waals surface area contributed by atoms with Crippen LogP contribution >= 0.6 is 0 Å². The summed E-state index contributed by atoms with van der Waals surface area (Å²) < 4.78 is 10.4. The Bertz CT molecular complexity index is 946. The zero-order chi connectivity index (χ0) is 19.9. The smallest absolute Gasteiger partial charge is 0.330 e. The number of hydrogen-bond acceptors (Lipinski definition) is 4. The van der Waals surface area contributed by atoms with Gasteiger partial charge in [0.25, 0.3) is 0 Å². The quantitative estimate of drug-likeness (QED) is 0.393. The second-order valence-corrected chi connectivity index (χ2v) is 6.35. The van der Waals surface area contributed by atoms with Crippen LogP contribution in [0.5, 0.6) is 5.75 Å². The first-order valence-electron chi connectivity index (χ1n) is 8.99.